The first-order chi connectivity index (χ1) is 9.15. The van der Waals surface area contributed by atoms with Crippen molar-refractivity contribution in [2.45, 2.75) is 38.5 Å². The summed E-state index contributed by atoms with van der Waals surface area (Å²) in [7, 11) is 0. The number of nitrogens with one attached hydrogen (secondary N) is 1. The van der Waals surface area contributed by atoms with Gasteiger partial charge in [0.1, 0.15) is 5.75 Å². The Morgan fingerprint density at radius 2 is 2.10 bits per heavy atom. The number of nitrogens with zero attached hydrogens (tertiary/aromatic N) is 1. The van der Waals surface area contributed by atoms with E-state index in [0.29, 0.717) is 12.5 Å². The van der Waals surface area contributed by atoms with Gasteiger partial charge < -0.3 is 15.0 Å². The fourth-order valence-electron chi connectivity index (χ4n) is 2.83. The molecule has 0 aromatic heterocycles. The Labute approximate surface area is 125 Å². The van der Waals surface area contributed by atoms with Gasteiger partial charge in [-0.1, -0.05) is 18.2 Å². The van der Waals surface area contributed by atoms with E-state index in [2.05, 4.69) is 19.2 Å². The first kappa shape index (κ1) is 15.1. The molecule has 3 unspecified atom stereocenters. The molecule has 1 aromatic rings. The number of hydrogen-bond donors (Lipinski definition) is 1. The van der Waals surface area contributed by atoms with Crippen molar-refractivity contribution in [2.24, 2.45) is 0 Å². The number of amides is 1. The standard InChI is InChI=1S/C15H20N2O2.ClH/c1-10-9-17(11(2)8-16-10)15(18)14-7-12-5-3-4-6-13(12)19-14;/h3-6,10-11,14,16H,7-9H2,1-2H3;1H. The lowest BCUT2D eigenvalue weighted by atomic mass is 10.1. The second-order valence-corrected chi connectivity index (χ2v) is 5.57. The van der Waals surface area contributed by atoms with Gasteiger partial charge in [0.15, 0.2) is 6.10 Å². The highest BCUT2D eigenvalue weighted by Crippen LogP contribution is 2.29. The van der Waals surface area contributed by atoms with Crippen LogP contribution in [0, 0.1) is 0 Å². The SMILES string of the molecule is CC1CN(C(=O)C2Cc3ccccc3O2)C(C)CN1.Cl. The molecule has 0 bridgehead atoms. The van der Waals surface area contributed by atoms with Gasteiger partial charge in [0.25, 0.3) is 5.91 Å². The number of benzene rings is 1. The smallest absolute Gasteiger partial charge is 0.264 e. The van der Waals surface area contributed by atoms with E-state index >= 15 is 0 Å². The summed E-state index contributed by atoms with van der Waals surface area (Å²) in [6.07, 6.45) is 0.352. The molecule has 1 amide bonds. The molecular formula is C15H21ClN2O2. The molecular weight excluding hydrogens is 276 g/mol. The number of piperazine rings is 1. The summed E-state index contributed by atoms with van der Waals surface area (Å²) in [6, 6.07) is 8.49. The Bertz CT molecular complexity index is 470. The lowest BCUT2D eigenvalue weighted by molar-refractivity contribution is -0.141. The van der Waals surface area contributed by atoms with Crippen LogP contribution in [0.4, 0.5) is 0 Å². The van der Waals surface area contributed by atoms with E-state index in [4.69, 9.17) is 4.74 Å². The molecule has 1 saturated heterocycles. The van der Waals surface area contributed by atoms with Gasteiger partial charge in [-0.15, -0.1) is 12.4 Å². The molecule has 1 N–H and O–H groups in total. The summed E-state index contributed by atoms with van der Waals surface area (Å²) in [6.45, 7) is 5.80. The van der Waals surface area contributed by atoms with E-state index in [9.17, 15) is 4.79 Å². The van der Waals surface area contributed by atoms with Crippen LogP contribution in [0.3, 0.4) is 0 Å². The molecule has 3 rings (SSSR count). The maximum absolute atomic E-state index is 12.6. The van der Waals surface area contributed by atoms with Crippen LogP contribution in [0.2, 0.25) is 0 Å². The maximum atomic E-state index is 12.6. The average molecular weight is 297 g/mol. The van der Waals surface area contributed by atoms with Crippen LogP contribution in [0.25, 0.3) is 0 Å². The molecule has 0 spiro atoms. The van der Waals surface area contributed by atoms with Gasteiger partial charge in [-0.25, -0.2) is 0 Å². The van der Waals surface area contributed by atoms with Gasteiger partial charge in [-0.05, 0) is 25.5 Å². The highest BCUT2D eigenvalue weighted by Gasteiger charge is 2.36. The molecule has 5 heteroatoms. The topological polar surface area (TPSA) is 41.6 Å². The van der Waals surface area contributed by atoms with E-state index < -0.39 is 0 Å². The van der Waals surface area contributed by atoms with Crippen molar-refractivity contribution in [1.29, 1.82) is 0 Å². The highest BCUT2D eigenvalue weighted by atomic mass is 35.5. The highest BCUT2D eigenvalue weighted by molar-refractivity contribution is 5.85. The lowest BCUT2D eigenvalue weighted by Crippen LogP contribution is -2.58. The number of para-hydroxylation sites is 1. The summed E-state index contributed by atoms with van der Waals surface area (Å²) in [5.41, 5.74) is 1.14. The Morgan fingerprint density at radius 1 is 1.35 bits per heavy atom. The normalized spacial score (nSPS) is 28.3. The fraction of sp³-hybridized carbons (Fsp3) is 0.533. The predicted octanol–water partition coefficient (Wildman–Crippen LogP) is 1.62. The third kappa shape index (κ3) is 2.76. The lowest BCUT2D eigenvalue weighted by Gasteiger charge is -2.38. The molecule has 0 radical (unpaired) electrons. The summed E-state index contributed by atoms with van der Waals surface area (Å²) in [4.78, 5) is 14.6. The first-order valence-corrected chi connectivity index (χ1v) is 6.93. The molecule has 1 fully saturated rings. The minimum Gasteiger partial charge on any atom is -0.480 e. The van der Waals surface area contributed by atoms with Crippen LogP contribution in [0.1, 0.15) is 19.4 Å². The summed E-state index contributed by atoms with van der Waals surface area (Å²) in [5.74, 6) is 0.980. The van der Waals surface area contributed by atoms with Crippen molar-refractivity contribution in [2.75, 3.05) is 13.1 Å². The van der Waals surface area contributed by atoms with E-state index in [1.54, 1.807) is 0 Å². The molecule has 2 heterocycles. The third-order valence-corrected chi connectivity index (χ3v) is 3.97. The van der Waals surface area contributed by atoms with E-state index in [-0.39, 0.29) is 30.5 Å². The monoisotopic (exact) mass is 296 g/mol. The minimum absolute atomic E-state index is 0. The number of fused-ring (bicyclic) bond motifs is 1. The van der Waals surface area contributed by atoms with Crippen LogP contribution in [-0.2, 0) is 11.2 Å². The van der Waals surface area contributed by atoms with Crippen molar-refractivity contribution < 1.29 is 9.53 Å². The van der Waals surface area contributed by atoms with E-state index in [0.717, 1.165) is 24.4 Å². The second-order valence-electron chi connectivity index (χ2n) is 5.57. The molecule has 110 valence electrons. The van der Waals surface area contributed by atoms with Crippen LogP contribution in [-0.4, -0.2) is 42.1 Å². The first-order valence-electron chi connectivity index (χ1n) is 6.93. The Kier molecular flexibility index (Phi) is 4.55. The fourth-order valence-corrected chi connectivity index (χ4v) is 2.83. The average Bonchev–Trinajstić information content (AvgIpc) is 2.84. The van der Waals surface area contributed by atoms with Crippen LogP contribution < -0.4 is 10.1 Å². The van der Waals surface area contributed by atoms with Crippen LogP contribution >= 0.6 is 12.4 Å². The van der Waals surface area contributed by atoms with Gasteiger partial charge >= 0.3 is 0 Å². The molecule has 2 aliphatic heterocycles. The largest absolute Gasteiger partial charge is 0.480 e. The number of ether oxygens (including phenoxy) is 1. The number of hydrogen-bond acceptors (Lipinski definition) is 3. The Morgan fingerprint density at radius 3 is 2.85 bits per heavy atom. The predicted molar refractivity (Wildman–Crippen MR) is 80.4 cm³/mol. The number of carbonyl (C=O) groups excluding carboxylic acids is 1. The molecule has 20 heavy (non-hydrogen) atoms. The Balaban J connectivity index is 0.00000147. The quantitative estimate of drug-likeness (QED) is 0.856. The third-order valence-electron chi connectivity index (χ3n) is 3.97. The maximum Gasteiger partial charge on any atom is 0.264 e. The van der Waals surface area contributed by atoms with Crippen LogP contribution in [0.5, 0.6) is 5.75 Å². The minimum atomic E-state index is -0.342. The van der Waals surface area contributed by atoms with Crippen LogP contribution in [0.15, 0.2) is 24.3 Å². The van der Waals surface area contributed by atoms with Crippen molar-refractivity contribution in [3.8, 4) is 5.75 Å². The molecule has 2 aliphatic rings. The van der Waals surface area contributed by atoms with Gasteiger partial charge in [0, 0.05) is 31.6 Å². The zero-order valence-electron chi connectivity index (χ0n) is 11.8. The summed E-state index contributed by atoms with van der Waals surface area (Å²) < 4.78 is 5.79. The summed E-state index contributed by atoms with van der Waals surface area (Å²) in [5, 5.41) is 3.39. The molecule has 0 aliphatic carbocycles. The number of halogens is 1. The van der Waals surface area contributed by atoms with Crippen molar-refractivity contribution in [3.63, 3.8) is 0 Å². The Hall–Kier alpha value is -1.26. The van der Waals surface area contributed by atoms with E-state index in [1.165, 1.54) is 0 Å². The molecule has 1 aromatic carbocycles. The van der Waals surface area contributed by atoms with Gasteiger partial charge in [-0.3, -0.25) is 4.79 Å². The van der Waals surface area contributed by atoms with Gasteiger partial charge in [0.05, 0.1) is 0 Å². The molecule has 3 atom stereocenters. The van der Waals surface area contributed by atoms with Gasteiger partial charge in [0.2, 0.25) is 0 Å². The zero-order chi connectivity index (χ0) is 13.4. The molecule has 4 nitrogen and oxygen atoms in total. The number of carbonyl (C=O) groups is 1. The van der Waals surface area contributed by atoms with Gasteiger partial charge in [-0.2, -0.15) is 0 Å². The number of rotatable bonds is 1. The van der Waals surface area contributed by atoms with Crippen molar-refractivity contribution in [3.05, 3.63) is 29.8 Å². The van der Waals surface area contributed by atoms with Crippen molar-refractivity contribution in [1.82, 2.24) is 10.2 Å². The second kappa shape index (κ2) is 6.02. The zero-order valence-corrected chi connectivity index (χ0v) is 12.7. The van der Waals surface area contributed by atoms with Crippen molar-refractivity contribution >= 4 is 18.3 Å². The van der Waals surface area contributed by atoms with E-state index in [1.807, 2.05) is 29.2 Å². The summed E-state index contributed by atoms with van der Waals surface area (Å²) >= 11 is 0. The molecule has 0 saturated carbocycles.